The van der Waals surface area contributed by atoms with Gasteiger partial charge >= 0.3 is 25.8 Å². The Morgan fingerprint density at radius 3 is 1.78 bits per heavy atom. The van der Waals surface area contributed by atoms with Crippen molar-refractivity contribution in [3.05, 3.63) is 23.4 Å². The summed E-state index contributed by atoms with van der Waals surface area (Å²) >= 11 is 3.57. The number of alkyl halides is 1. The van der Waals surface area contributed by atoms with Gasteiger partial charge < -0.3 is 28.1 Å². The van der Waals surface area contributed by atoms with Gasteiger partial charge in [0.05, 0.1) is 6.10 Å². The van der Waals surface area contributed by atoms with Crippen LogP contribution in [-0.2, 0) is 30.6 Å². The van der Waals surface area contributed by atoms with Gasteiger partial charge in [0.25, 0.3) is 0 Å². The number of hydrogen-bond acceptors (Lipinski definition) is 1. The fourth-order valence-electron chi connectivity index (χ4n) is 1.24. The first kappa shape index (κ1) is 27.5. The molecule has 1 aliphatic carbocycles. The molecule has 4 nitrogen and oxygen atoms in total. The molecular weight excluding hydrogens is 461 g/mol. The average Bonchev–Trinajstić information content (AvgIpc) is 2.63. The van der Waals surface area contributed by atoms with Crippen LogP contribution in [0.15, 0.2) is 0 Å². The second-order valence-electron chi connectivity index (χ2n) is 3.49. The van der Waals surface area contributed by atoms with E-state index in [1.807, 2.05) is 0 Å². The van der Waals surface area contributed by atoms with Crippen molar-refractivity contribution in [1.82, 2.24) is 0 Å². The van der Waals surface area contributed by atoms with Crippen molar-refractivity contribution in [2.75, 3.05) is 42.0 Å². The molecule has 0 aromatic heterocycles. The van der Waals surface area contributed by atoms with Crippen molar-refractivity contribution >= 4 is 15.9 Å². The van der Waals surface area contributed by atoms with Gasteiger partial charge in [-0.1, -0.05) is 15.9 Å². The Labute approximate surface area is 141 Å². The van der Waals surface area contributed by atoms with E-state index in [2.05, 4.69) is 31.9 Å². The van der Waals surface area contributed by atoms with Gasteiger partial charge in [-0.15, -0.1) is 0 Å². The number of nitrogens with zero attached hydrogens (tertiary/aromatic N) is 3. The molecule has 18 heavy (non-hydrogen) atoms. The molecule has 6 heteroatoms. The standard InChI is InChI=1S/C7H13BrNO.2C2H6N.CH3.Hf/c1-9-5-10-7-4-2-3-6(7)8;2*1-3-2;;/h6-7H,2-5H2,1H3;2*1-2H3;1H3;/q4*-1;+4. The summed E-state index contributed by atoms with van der Waals surface area (Å²) in [7, 11) is 8.78. The zero-order valence-electron chi connectivity index (χ0n) is 12.6. The summed E-state index contributed by atoms with van der Waals surface area (Å²) in [6.45, 7) is 0.548. The van der Waals surface area contributed by atoms with Crippen LogP contribution in [-0.4, -0.2) is 52.9 Å². The minimum Gasteiger partial charge on any atom is -0.668 e. The van der Waals surface area contributed by atoms with E-state index in [9.17, 15) is 0 Å². The molecule has 1 fully saturated rings. The summed E-state index contributed by atoms with van der Waals surface area (Å²) in [4.78, 5) is 0.564. The zero-order valence-corrected chi connectivity index (χ0v) is 17.8. The molecule has 1 aliphatic rings. The second-order valence-corrected chi connectivity index (χ2v) is 4.67. The maximum absolute atomic E-state index is 5.45. The number of hydrogen-bond donors (Lipinski definition) is 0. The molecule has 1 rings (SSSR count). The first-order valence-corrected chi connectivity index (χ1v) is 6.36. The van der Waals surface area contributed by atoms with Gasteiger partial charge in [-0.05, 0) is 26.0 Å². The van der Waals surface area contributed by atoms with Crippen LogP contribution in [0.4, 0.5) is 0 Å². The maximum Gasteiger partial charge on any atom is 4.00 e. The minimum atomic E-state index is 0. The molecule has 0 spiro atoms. The smallest absolute Gasteiger partial charge is 0.668 e. The molecule has 0 aliphatic heterocycles. The molecule has 0 aromatic rings. The van der Waals surface area contributed by atoms with E-state index in [-0.39, 0.29) is 33.3 Å². The molecule has 0 N–H and O–H groups in total. The quantitative estimate of drug-likeness (QED) is 0.337. The summed E-state index contributed by atoms with van der Waals surface area (Å²) in [6.07, 6.45) is 4.12. The van der Waals surface area contributed by atoms with E-state index in [1.165, 1.54) is 19.3 Å². The van der Waals surface area contributed by atoms with E-state index in [0.717, 1.165) is 0 Å². The molecular formula is C12H28BrHfN3O. The van der Waals surface area contributed by atoms with Crippen molar-refractivity contribution in [3.8, 4) is 0 Å². The molecule has 108 valence electrons. The summed E-state index contributed by atoms with van der Waals surface area (Å²) in [5, 5.41) is 10.9. The van der Waals surface area contributed by atoms with Gasteiger partial charge in [0, 0.05) is 4.83 Å². The summed E-state index contributed by atoms with van der Waals surface area (Å²) in [5.41, 5.74) is 0. The van der Waals surface area contributed by atoms with Crippen LogP contribution in [0.1, 0.15) is 19.3 Å². The fraction of sp³-hybridized carbons (Fsp3) is 0.917. The fourth-order valence-corrected chi connectivity index (χ4v) is 1.98. The predicted molar refractivity (Wildman–Crippen MR) is 82.4 cm³/mol. The monoisotopic (exact) mass is 489 g/mol. The van der Waals surface area contributed by atoms with E-state index < -0.39 is 0 Å². The Hall–Kier alpha value is 1.19. The number of rotatable bonds is 3. The Kier molecular flexibility index (Phi) is 35.6. The van der Waals surface area contributed by atoms with Crippen LogP contribution in [0.2, 0.25) is 0 Å². The van der Waals surface area contributed by atoms with Gasteiger partial charge in [-0.25, -0.2) is 0 Å². The van der Waals surface area contributed by atoms with E-state index >= 15 is 0 Å². The van der Waals surface area contributed by atoms with Crippen molar-refractivity contribution in [1.29, 1.82) is 0 Å². The van der Waals surface area contributed by atoms with Gasteiger partial charge in [0.15, 0.2) is 0 Å². The van der Waals surface area contributed by atoms with Gasteiger partial charge in [-0.2, -0.15) is 35.2 Å². The summed E-state index contributed by atoms with van der Waals surface area (Å²) in [5.74, 6) is 0. The van der Waals surface area contributed by atoms with Crippen molar-refractivity contribution in [3.63, 3.8) is 0 Å². The first-order valence-electron chi connectivity index (χ1n) is 5.44. The molecule has 0 aromatic carbocycles. The molecule has 0 saturated heterocycles. The van der Waals surface area contributed by atoms with Crippen LogP contribution >= 0.6 is 15.9 Å². The van der Waals surface area contributed by atoms with Crippen LogP contribution in [0, 0.1) is 7.43 Å². The van der Waals surface area contributed by atoms with Crippen LogP contribution in [0.3, 0.4) is 0 Å². The zero-order chi connectivity index (χ0) is 12.8. The van der Waals surface area contributed by atoms with Crippen molar-refractivity contribution in [2.45, 2.75) is 30.2 Å². The summed E-state index contributed by atoms with van der Waals surface area (Å²) in [6, 6.07) is 0. The van der Waals surface area contributed by atoms with Crippen LogP contribution in [0.25, 0.3) is 16.0 Å². The molecule has 0 radical (unpaired) electrons. The molecule has 2 unspecified atom stereocenters. The summed E-state index contributed by atoms with van der Waals surface area (Å²) < 4.78 is 5.45. The topological polar surface area (TPSA) is 51.5 Å². The number of ether oxygens (including phenoxy) is 1. The van der Waals surface area contributed by atoms with E-state index in [0.29, 0.717) is 17.7 Å². The van der Waals surface area contributed by atoms with E-state index in [4.69, 9.17) is 4.74 Å². The Bertz CT molecular complexity index is 132. The Morgan fingerprint density at radius 2 is 1.50 bits per heavy atom. The first-order chi connectivity index (χ1) is 7.67. The third-order valence-electron chi connectivity index (χ3n) is 1.79. The molecule has 2 atom stereocenters. The van der Waals surface area contributed by atoms with Crippen LogP contribution in [0.5, 0.6) is 0 Å². The average molecular weight is 489 g/mol. The maximum atomic E-state index is 5.45. The normalized spacial score (nSPS) is 20.3. The third-order valence-corrected chi connectivity index (χ3v) is 2.84. The van der Waals surface area contributed by atoms with Gasteiger partial charge in [0.2, 0.25) is 0 Å². The predicted octanol–water partition coefficient (Wildman–Crippen LogP) is 3.97. The van der Waals surface area contributed by atoms with E-state index in [1.54, 1.807) is 35.2 Å². The van der Waals surface area contributed by atoms with Crippen molar-refractivity contribution in [2.24, 2.45) is 0 Å². The third kappa shape index (κ3) is 19.5. The van der Waals surface area contributed by atoms with Crippen LogP contribution < -0.4 is 0 Å². The SMILES string of the molecule is C[N-]C.C[N-]C.C[N-]COC1CCCC1Br.[CH3-].[Hf+4]. The Morgan fingerprint density at radius 1 is 1.06 bits per heavy atom. The Balaban J connectivity index is -0.000000106. The second kappa shape index (κ2) is 23.3. The molecule has 1 saturated carbocycles. The largest absolute Gasteiger partial charge is 4.00 e. The minimum absolute atomic E-state index is 0. The van der Waals surface area contributed by atoms with Crippen molar-refractivity contribution < 1.29 is 30.6 Å². The molecule has 0 bridgehead atoms. The van der Waals surface area contributed by atoms with Gasteiger partial charge in [0.1, 0.15) is 0 Å². The number of halogens is 1. The molecule has 0 amide bonds. The van der Waals surface area contributed by atoms with Gasteiger partial charge in [-0.3, -0.25) is 0 Å². The molecule has 0 heterocycles.